The van der Waals surface area contributed by atoms with Crippen molar-refractivity contribution in [1.82, 2.24) is 19.5 Å². The molecule has 0 aliphatic heterocycles. The van der Waals surface area contributed by atoms with Gasteiger partial charge in [-0.25, -0.2) is 9.97 Å². The number of ether oxygens (including phenoxy) is 1. The van der Waals surface area contributed by atoms with E-state index >= 15 is 0 Å². The van der Waals surface area contributed by atoms with Gasteiger partial charge in [-0.05, 0) is 61.4 Å². The topological polar surface area (TPSA) is 64.9 Å². The van der Waals surface area contributed by atoms with Crippen LogP contribution in [-0.2, 0) is 6.54 Å². The molecule has 0 fully saturated rings. The van der Waals surface area contributed by atoms with Crippen LogP contribution < -0.4 is 10.1 Å². The SMILES string of the molecule is COc1ccc(-n2c(C)c(C)c3c(NCc4ccncc4)ncnc32)cc1. The number of hydrogen-bond donors (Lipinski definition) is 1. The van der Waals surface area contributed by atoms with E-state index in [-0.39, 0.29) is 0 Å². The quantitative estimate of drug-likeness (QED) is 0.582. The summed E-state index contributed by atoms with van der Waals surface area (Å²) in [5.41, 5.74) is 5.40. The number of rotatable bonds is 5. The Morgan fingerprint density at radius 1 is 1.00 bits per heavy atom. The van der Waals surface area contributed by atoms with Gasteiger partial charge in [0.2, 0.25) is 0 Å². The van der Waals surface area contributed by atoms with Gasteiger partial charge in [-0.3, -0.25) is 9.55 Å². The first-order valence-electron chi connectivity index (χ1n) is 8.79. The van der Waals surface area contributed by atoms with Crippen LogP contribution in [0.15, 0.2) is 55.1 Å². The van der Waals surface area contributed by atoms with Crippen molar-refractivity contribution in [3.05, 3.63) is 71.9 Å². The molecule has 0 radical (unpaired) electrons. The molecular weight excluding hydrogens is 338 g/mol. The van der Waals surface area contributed by atoms with Crippen LogP contribution in [0.5, 0.6) is 5.75 Å². The Morgan fingerprint density at radius 2 is 1.74 bits per heavy atom. The molecule has 0 saturated heterocycles. The van der Waals surface area contributed by atoms with Gasteiger partial charge >= 0.3 is 0 Å². The molecule has 4 rings (SSSR count). The van der Waals surface area contributed by atoms with E-state index in [1.165, 1.54) is 5.56 Å². The maximum Gasteiger partial charge on any atom is 0.150 e. The van der Waals surface area contributed by atoms with E-state index in [2.05, 4.69) is 38.7 Å². The third kappa shape index (κ3) is 3.10. The van der Waals surface area contributed by atoms with E-state index < -0.39 is 0 Å². The fourth-order valence-electron chi connectivity index (χ4n) is 3.27. The van der Waals surface area contributed by atoms with E-state index in [4.69, 9.17) is 4.74 Å². The number of nitrogens with zero attached hydrogens (tertiary/aromatic N) is 4. The van der Waals surface area contributed by atoms with Crippen LogP contribution in [0.4, 0.5) is 5.82 Å². The Morgan fingerprint density at radius 3 is 2.44 bits per heavy atom. The lowest BCUT2D eigenvalue weighted by atomic mass is 10.2. The Bertz CT molecular complexity index is 1070. The second-order valence-corrected chi connectivity index (χ2v) is 6.37. The second-order valence-electron chi connectivity index (χ2n) is 6.37. The highest BCUT2D eigenvalue weighted by Gasteiger charge is 2.17. The van der Waals surface area contributed by atoms with Crippen molar-refractivity contribution in [1.29, 1.82) is 0 Å². The van der Waals surface area contributed by atoms with Gasteiger partial charge in [-0.1, -0.05) is 0 Å². The fraction of sp³-hybridized carbons (Fsp3) is 0.190. The molecule has 1 aromatic carbocycles. The second kappa shape index (κ2) is 7.07. The van der Waals surface area contributed by atoms with Crippen molar-refractivity contribution in [3.8, 4) is 11.4 Å². The molecule has 0 unspecified atom stereocenters. The molecule has 0 amide bonds. The monoisotopic (exact) mass is 359 g/mol. The van der Waals surface area contributed by atoms with Crippen LogP contribution in [0.25, 0.3) is 16.7 Å². The zero-order valence-corrected chi connectivity index (χ0v) is 15.6. The number of hydrogen-bond acceptors (Lipinski definition) is 5. The highest BCUT2D eigenvalue weighted by molar-refractivity contribution is 5.93. The average Bonchev–Trinajstić information content (AvgIpc) is 2.98. The molecule has 0 bridgehead atoms. The van der Waals surface area contributed by atoms with Gasteiger partial charge in [-0.15, -0.1) is 0 Å². The maximum absolute atomic E-state index is 5.27. The summed E-state index contributed by atoms with van der Waals surface area (Å²) >= 11 is 0. The third-order valence-corrected chi connectivity index (χ3v) is 4.83. The van der Waals surface area contributed by atoms with Crippen molar-refractivity contribution >= 4 is 16.9 Å². The minimum atomic E-state index is 0.681. The Kier molecular flexibility index (Phi) is 4.46. The first kappa shape index (κ1) is 17.0. The van der Waals surface area contributed by atoms with Crippen LogP contribution in [-0.4, -0.2) is 26.6 Å². The fourth-order valence-corrected chi connectivity index (χ4v) is 3.27. The number of aryl methyl sites for hydroxylation is 1. The summed E-state index contributed by atoms with van der Waals surface area (Å²) in [4.78, 5) is 13.1. The van der Waals surface area contributed by atoms with Crippen LogP contribution in [0.3, 0.4) is 0 Å². The molecule has 6 heteroatoms. The highest BCUT2D eigenvalue weighted by atomic mass is 16.5. The van der Waals surface area contributed by atoms with Crippen LogP contribution in [0.2, 0.25) is 0 Å². The number of aromatic nitrogens is 4. The van der Waals surface area contributed by atoms with Gasteiger partial charge in [0.25, 0.3) is 0 Å². The Balaban J connectivity index is 1.77. The number of benzene rings is 1. The van der Waals surface area contributed by atoms with Crippen molar-refractivity contribution in [3.63, 3.8) is 0 Å². The summed E-state index contributed by atoms with van der Waals surface area (Å²) in [7, 11) is 1.67. The summed E-state index contributed by atoms with van der Waals surface area (Å²) in [6.45, 7) is 4.90. The van der Waals surface area contributed by atoms with Crippen molar-refractivity contribution in [2.75, 3.05) is 12.4 Å². The van der Waals surface area contributed by atoms with Crippen molar-refractivity contribution in [2.45, 2.75) is 20.4 Å². The number of methoxy groups -OCH3 is 1. The van der Waals surface area contributed by atoms with E-state index in [1.807, 2.05) is 36.4 Å². The van der Waals surface area contributed by atoms with Crippen molar-refractivity contribution in [2.24, 2.45) is 0 Å². The average molecular weight is 359 g/mol. The smallest absolute Gasteiger partial charge is 0.150 e. The van der Waals surface area contributed by atoms with E-state index in [0.717, 1.165) is 39.5 Å². The number of anilines is 1. The van der Waals surface area contributed by atoms with Crippen LogP contribution in [0, 0.1) is 13.8 Å². The molecule has 0 saturated carbocycles. The van der Waals surface area contributed by atoms with Gasteiger partial charge in [0, 0.05) is 30.3 Å². The van der Waals surface area contributed by atoms with E-state index in [0.29, 0.717) is 6.54 Å². The molecule has 136 valence electrons. The minimum absolute atomic E-state index is 0.681. The Labute approximate surface area is 157 Å². The summed E-state index contributed by atoms with van der Waals surface area (Å²) in [5.74, 6) is 1.67. The lowest BCUT2D eigenvalue weighted by molar-refractivity contribution is 0.415. The first-order valence-corrected chi connectivity index (χ1v) is 8.79. The molecule has 0 aliphatic rings. The summed E-state index contributed by atoms with van der Waals surface area (Å²) < 4.78 is 7.43. The molecule has 3 aromatic heterocycles. The van der Waals surface area contributed by atoms with Crippen LogP contribution in [0.1, 0.15) is 16.8 Å². The largest absolute Gasteiger partial charge is 0.497 e. The predicted molar refractivity (Wildman–Crippen MR) is 106 cm³/mol. The molecule has 1 N–H and O–H groups in total. The Hall–Kier alpha value is -3.41. The summed E-state index contributed by atoms with van der Waals surface area (Å²) in [5, 5.41) is 4.48. The molecule has 0 aliphatic carbocycles. The lowest BCUT2D eigenvalue weighted by Crippen LogP contribution is -2.03. The predicted octanol–water partition coefficient (Wildman–Crippen LogP) is 4.05. The molecule has 6 nitrogen and oxygen atoms in total. The van der Waals surface area contributed by atoms with E-state index in [1.54, 1.807) is 25.8 Å². The van der Waals surface area contributed by atoms with Gasteiger partial charge < -0.3 is 10.1 Å². The number of nitrogens with one attached hydrogen (secondary N) is 1. The molecule has 0 spiro atoms. The molecule has 27 heavy (non-hydrogen) atoms. The molecule has 3 heterocycles. The zero-order valence-electron chi connectivity index (χ0n) is 15.6. The molecule has 4 aromatic rings. The number of pyridine rings is 1. The van der Waals surface area contributed by atoms with E-state index in [9.17, 15) is 0 Å². The molecule has 0 atom stereocenters. The van der Waals surface area contributed by atoms with Gasteiger partial charge in [0.1, 0.15) is 17.9 Å². The first-order chi connectivity index (χ1) is 13.2. The standard InChI is InChI=1S/C21H21N5O/c1-14-15(2)26(17-4-6-18(27-3)7-5-17)21-19(14)20(24-13-25-21)23-12-16-8-10-22-11-9-16/h4-11,13H,12H2,1-3H3,(H,23,24,25). The van der Waals surface area contributed by atoms with Gasteiger partial charge in [0.15, 0.2) is 5.65 Å². The summed E-state index contributed by atoms with van der Waals surface area (Å²) in [6.07, 6.45) is 5.19. The third-order valence-electron chi connectivity index (χ3n) is 4.83. The van der Waals surface area contributed by atoms with Gasteiger partial charge in [0.05, 0.1) is 12.5 Å². The normalized spacial score (nSPS) is 10.9. The van der Waals surface area contributed by atoms with Crippen LogP contribution >= 0.6 is 0 Å². The highest BCUT2D eigenvalue weighted by Crippen LogP contribution is 2.31. The zero-order chi connectivity index (χ0) is 18.8. The minimum Gasteiger partial charge on any atom is -0.497 e. The number of fused-ring (bicyclic) bond motifs is 1. The lowest BCUT2D eigenvalue weighted by Gasteiger charge is -2.09. The molecular formula is C21H21N5O. The maximum atomic E-state index is 5.27. The van der Waals surface area contributed by atoms with Crippen molar-refractivity contribution < 1.29 is 4.74 Å². The van der Waals surface area contributed by atoms with Gasteiger partial charge in [-0.2, -0.15) is 0 Å². The summed E-state index contributed by atoms with van der Waals surface area (Å²) in [6, 6.07) is 12.0.